The molecule has 0 bridgehead atoms. The van der Waals surface area contributed by atoms with Crippen molar-refractivity contribution in [2.75, 3.05) is 26.9 Å². The van der Waals surface area contributed by atoms with Gasteiger partial charge in [-0.1, -0.05) is 48.9 Å². The van der Waals surface area contributed by atoms with Gasteiger partial charge in [0.05, 0.1) is 22.8 Å². The van der Waals surface area contributed by atoms with E-state index in [1.54, 1.807) is 0 Å². The minimum atomic E-state index is -1.02. The molecule has 10 heteroatoms. The van der Waals surface area contributed by atoms with Gasteiger partial charge in [0.2, 0.25) is 5.91 Å². The van der Waals surface area contributed by atoms with Crippen LogP contribution in [0.2, 0.25) is 5.02 Å². The van der Waals surface area contributed by atoms with Gasteiger partial charge in [0.15, 0.2) is 17.2 Å². The highest BCUT2D eigenvalue weighted by molar-refractivity contribution is 6.34. The molecular formula is C33H37ClF2N2O5. The SMILES string of the molecule is COCCOc1ccc(C(N)=O)c(-c2c(Cl)c(F)cc3c2[C@H](C)[C@@](CN[C@H]2CC[C@@](C)(O)CC2)(c2ccccc2)O3)c1F. The van der Waals surface area contributed by atoms with Crippen LogP contribution in [0.15, 0.2) is 48.5 Å². The lowest BCUT2D eigenvalue weighted by Crippen LogP contribution is -2.49. The maximum Gasteiger partial charge on any atom is 0.249 e. The zero-order chi connectivity index (χ0) is 30.9. The number of aliphatic hydroxyl groups is 1. The summed E-state index contributed by atoms with van der Waals surface area (Å²) in [6, 6.07) is 13.6. The fourth-order valence-corrected chi connectivity index (χ4v) is 6.56. The Morgan fingerprint density at radius 1 is 1.14 bits per heavy atom. The van der Waals surface area contributed by atoms with Crippen LogP contribution in [-0.4, -0.2) is 49.5 Å². The van der Waals surface area contributed by atoms with E-state index in [1.807, 2.05) is 44.2 Å². The first-order valence-electron chi connectivity index (χ1n) is 14.5. The number of nitrogens with two attached hydrogens (primary N) is 1. The Kier molecular flexibility index (Phi) is 9.00. The molecule has 1 heterocycles. The van der Waals surface area contributed by atoms with Crippen molar-refractivity contribution in [1.82, 2.24) is 5.32 Å². The van der Waals surface area contributed by atoms with Gasteiger partial charge >= 0.3 is 0 Å². The summed E-state index contributed by atoms with van der Waals surface area (Å²) in [6.07, 6.45) is 2.91. The Morgan fingerprint density at radius 3 is 2.49 bits per heavy atom. The van der Waals surface area contributed by atoms with E-state index in [2.05, 4.69) is 5.32 Å². The molecule has 1 fully saturated rings. The van der Waals surface area contributed by atoms with Crippen molar-refractivity contribution < 1.29 is 32.9 Å². The summed E-state index contributed by atoms with van der Waals surface area (Å²) in [5.74, 6) is -3.05. The Bertz CT molecular complexity index is 1490. The number of primary amides is 1. The Hall–Kier alpha value is -3.24. The van der Waals surface area contributed by atoms with Crippen molar-refractivity contribution in [3.63, 3.8) is 0 Å². The molecule has 1 amide bonds. The molecule has 230 valence electrons. The number of hydrogen-bond acceptors (Lipinski definition) is 6. The molecule has 1 saturated carbocycles. The van der Waals surface area contributed by atoms with Crippen LogP contribution in [0, 0.1) is 11.6 Å². The molecule has 0 unspecified atom stereocenters. The molecular weight excluding hydrogens is 578 g/mol. The number of fused-ring (bicyclic) bond motifs is 1. The number of carbonyl (C=O) groups is 1. The summed E-state index contributed by atoms with van der Waals surface area (Å²) in [4.78, 5) is 12.6. The monoisotopic (exact) mass is 614 g/mol. The van der Waals surface area contributed by atoms with Crippen LogP contribution >= 0.6 is 11.6 Å². The van der Waals surface area contributed by atoms with Gasteiger partial charge in [-0.15, -0.1) is 0 Å². The molecule has 1 aliphatic carbocycles. The molecule has 1 aliphatic heterocycles. The second-order valence-electron chi connectivity index (χ2n) is 11.7. The summed E-state index contributed by atoms with van der Waals surface area (Å²) >= 11 is 6.62. The van der Waals surface area contributed by atoms with Gasteiger partial charge in [-0.25, -0.2) is 8.78 Å². The molecule has 2 atom stereocenters. The van der Waals surface area contributed by atoms with Crippen molar-refractivity contribution in [1.29, 1.82) is 0 Å². The number of rotatable bonds is 10. The summed E-state index contributed by atoms with van der Waals surface area (Å²) < 4.78 is 49.0. The zero-order valence-corrected chi connectivity index (χ0v) is 25.3. The number of nitrogens with one attached hydrogen (secondary N) is 1. The van der Waals surface area contributed by atoms with Crippen LogP contribution in [0.5, 0.6) is 11.5 Å². The second-order valence-corrected chi connectivity index (χ2v) is 12.1. The fourth-order valence-electron chi connectivity index (χ4n) is 6.31. The molecule has 3 aromatic rings. The van der Waals surface area contributed by atoms with Crippen molar-refractivity contribution >= 4 is 17.5 Å². The number of carbonyl (C=O) groups excluding carboxylic acids is 1. The van der Waals surface area contributed by atoms with Crippen LogP contribution in [0.3, 0.4) is 0 Å². The van der Waals surface area contributed by atoms with Gasteiger partial charge in [-0.3, -0.25) is 4.79 Å². The lowest BCUT2D eigenvalue weighted by molar-refractivity contribution is 0.00890. The first-order chi connectivity index (χ1) is 20.5. The van der Waals surface area contributed by atoms with E-state index in [9.17, 15) is 9.90 Å². The van der Waals surface area contributed by atoms with E-state index >= 15 is 8.78 Å². The third-order valence-corrected chi connectivity index (χ3v) is 9.16. The van der Waals surface area contributed by atoms with Crippen LogP contribution < -0.4 is 20.5 Å². The summed E-state index contributed by atoms with van der Waals surface area (Å²) in [5, 5.41) is 13.7. The Morgan fingerprint density at radius 2 is 1.84 bits per heavy atom. The summed E-state index contributed by atoms with van der Waals surface area (Å²) in [5.41, 5.74) is 4.87. The Labute approximate surface area is 255 Å². The third kappa shape index (κ3) is 5.96. The highest BCUT2D eigenvalue weighted by atomic mass is 35.5. The second kappa shape index (κ2) is 12.4. The number of ether oxygens (including phenoxy) is 3. The lowest BCUT2D eigenvalue weighted by atomic mass is 9.77. The minimum Gasteiger partial charge on any atom is -0.488 e. The van der Waals surface area contributed by atoms with E-state index in [0.29, 0.717) is 24.9 Å². The van der Waals surface area contributed by atoms with Gasteiger partial charge in [0.25, 0.3) is 0 Å². The maximum atomic E-state index is 16.3. The van der Waals surface area contributed by atoms with Crippen molar-refractivity contribution in [2.24, 2.45) is 5.73 Å². The molecule has 0 saturated heterocycles. The van der Waals surface area contributed by atoms with Gasteiger partial charge in [0.1, 0.15) is 18.2 Å². The van der Waals surface area contributed by atoms with Crippen molar-refractivity contribution in [2.45, 2.75) is 62.7 Å². The number of halogens is 3. The van der Waals surface area contributed by atoms with E-state index in [1.165, 1.54) is 25.3 Å². The summed E-state index contributed by atoms with van der Waals surface area (Å²) in [7, 11) is 1.49. The molecule has 7 nitrogen and oxygen atoms in total. The van der Waals surface area contributed by atoms with Gasteiger partial charge < -0.3 is 30.4 Å². The number of hydrogen-bond donors (Lipinski definition) is 3. The molecule has 3 aromatic carbocycles. The number of benzene rings is 3. The maximum absolute atomic E-state index is 16.3. The molecule has 5 rings (SSSR count). The topological polar surface area (TPSA) is 103 Å². The molecule has 2 aliphatic rings. The largest absolute Gasteiger partial charge is 0.488 e. The average molecular weight is 615 g/mol. The third-order valence-electron chi connectivity index (χ3n) is 8.79. The van der Waals surface area contributed by atoms with E-state index in [-0.39, 0.29) is 52.5 Å². The van der Waals surface area contributed by atoms with E-state index in [0.717, 1.165) is 18.4 Å². The molecule has 43 heavy (non-hydrogen) atoms. The van der Waals surface area contributed by atoms with E-state index in [4.69, 9.17) is 31.5 Å². The first kappa shape index (κ1) is 31.2. The predicted octanol–water partition coefficient (Wildman–Crippen LogP) is 6.08. The van der Waals surface area contributed by atoms with Crippen LogP contribution in [0.1, 0.15) is 66.9 Å². The quantitative estimate of drug-likeness (QED) is 0.239. The highest BCUT2D eigenvalue weighted by Crippen LogP contribution is 2.56. The molecule has 0 aromatic heterocycles. The van der Waals surface area contributed by atoms with Crippen LogP contribution in [0.25, 0.3) is 11.1 Å². The average Bonchev–Trinajstić information content (AvgIpc) is 3.26. The highest BCUT2D eigenvalue weighted by Gasteiger charge is 2.50. The minimum absolute atomic E-state index is 0.000761. The van der Waals surface area contributed by atoms with Crippen molar-refractivity contribution in [3.05, 3.63) is 81.9 Å². The Balaban J connectivity index is 1.63. The zero-order valence-electron chi connectivity index (χ0n) is 24.5. The predicted molar refractivity (Wildman–Crippen MR) is 161 cm³/mol. The van der Waals surface area contributed by atoms with Gasteiger partial charge in [-0.05, 0) is 50.3 Å². The standard InChI is InChI=1S/C33H37ClF2N2O5/c1-19-26-25(43-33(19,20-7-5-4-6-8-20)18-38-21-11-13-32(2,40)14-12-21)17-23(35)29(34)28(26)27-22(31(37)39)9-10-24(30(27)36)42-16-15-41-3/h4-10,17,19,21,38,40H,11-16,18H2,1-3H3,(H2,37,39)/t19-,21-,32+,33-/m0/s1. The van der Waals surface area contributed by atoms with Crippen LogP contribution in [0.4, 0.5) is 8.78 Å². The number of amides is 1. The van der Waals surface area contributed by atoms with Crippen LogP contribution in [-0.2, 0) is 10.3 Å². The smallest absolute Gasteiger partial charge is 0.249 e. The molecule has 4 N–H and O–H groups in total. The molecule has 0 radical (unpaired) electrons. The lowest BCUT2D eigenvalue weighted by Gasteiger charge is -2.38. The first-order valence-corrected chi connectivity index (χ1v) is 14.8. The normalized spacial score (nSPS) is 24.8. The molecule has 0 spiro atoms. The fraction of sp³-hybridized carbons (Fsp3) is 0.424. The number of methoxy groups -OCH3 is 1. The van der Waals surface area contributed by atoms with Crippen molar-refractivity contribution in [3.8, 4) is 22.6 Å². The van der Waals surface area contributed by atoms with Gasteiger partial charge in [0, 0.05) is 48.4 Å². The summed E-state index contributed by atoms with van der Waals surface area (Å²) in [6.45, 7) is 4.38. The van der Waals surface area contributed by atoms with Gasteiger partial charge in [-0.2, -0.15) is 0 Å². The van der Waals surface area contributed by atoms with E-state index < -0.39 is 34.7 Å².